The maximum atomic E-state index is 13.5. The van der Waals surface area contributed by atoms with Crippen LogP contribution in [-0.4, -0.2) is 39.0 Å². The Hall–Kier alpha value is -4.01. The minimum absolute atomic E-state index is 0.0570. The fraction of sp³-hybridized carbons (Fsp3) is 0.364. The molecule has 0 radical (unpaired) electrons. The smallest absolute Gasteiger partial charge is 0.255 e. The predicted molar refractivity (Wildman–Crippen MR) is 160 cm³/mol. The molecule has 41 heavy (non-hydrogen) atoms. The first-order valence-corrected chi connectivity index (χ1v) is 14.6. The fourth-order valence-electron chi connectivity index (χ4n) is 7.91. The average Bonchev–Trinajstić information content (AvgIpc) is 3.45. The Balaban J connectivity index is 1.10. The van der Waals surface area contributed by atoms with Gasteiger partial charge in [-0.05, 0) is 104 Å². The van der Waals surface area contributed by atoms with Crippen LogP contribution in [0.4, 0.5) is 5.69 Å². The molecule has 0 spiro atoms. The van der Waals surface area contributed by atoms with Crippen LogP contribution in [-0.2, 0) is 7.05 Å². The summed E-state index contributed by atoms with van der Waals surface area (Å²) in [4.78, 5) is 30.9. The first kappa shape index (κ1) is 25.9. The number of carbonyl (C=O) groups is 2. The van der Waals surface area contributed by atoms with Crippen molar-refractivity contribution >= 4 is 28.5 Å². The zero-order chi connectivity index (χ0) is 28.3. The van der Waals surface area contributed by atoms with Gasteiger partial charge >= 0.3 is 0 Å². The Morgan fingerprint density at radius 1 is 0.878 bits per heavy atom. The Bertz CT molecular complexity index is 1630. The number of hydrogen-bond acceptors (Lipinski definition) is 5. The normalized spacial score (nSPS) is 28.4. The number of fused-ring (bicyclic) bond motifs is 3. The van der Waals surface area contributed by atoms with Crippen molar-refractivity contribution < 1.29 is 9.59 Å². The first-order valence-electron chi connectivity index (χ1n) is 14.6. The molecular weight excluding hydrogens is 512 g/mol. The number of benzene rings is 3. The third kappa shape index (κ3) is 4.61. The van der Waals surface area contributed by atoms with Crippen LogP contribution in [0.15, 0.2) is 72.8 Å². The number of hydrogen-bond donors (Lipinski definition) is 4. The van der Waals surface area contributed by atoms with Gasteiger partial charge in [0.1, 0.15) is 5.82 Å². The van der Waals surface area contributed by atoms with E-state index >= 15 is 0 Å². The van der Waals surface area contributed by atoms with Crippen LogP contribution in [0.2, 0.25) is 0 Å². The molecular formula is C33H36N6O2. The molecule has 7 rings (SSSR count). The van der Waals surface area contributed by atoms with Crippen molar-refractivity contribution in [2.24, 2.45) is 36.3 Å². The Morgan fingerprint density at radius 3 is 2.41 bits per heavy atom. The maximum absolute atomic E-state index is 13.5. The van der Waals surface area contributed by atoms with Gasteiger partial charge in [-0.25, -0.2) is 4.98 Å². The highest BCUT2D eigenvalue weighted by molar-refractivity contribution is 6.04. The molecule has 6 atom stereocenters. The monoisotopic (exact) mass is 548 g/mol. The molecule has 2 amide bonds. The van der Waals surface area contributed by atoms with Gasteiger partial charge in [0.25, 0.3) is 11.8 Å². The summed E-state index contributed by atoms with van der Waals surface area (Å²) in [6.07, 6.45) is 5.02. The molecule has 4 unspecified atom stereocenters. The highest BCUT2D eigenvalue weighted by atomic mass is 16.2. The van der Waals surface area contributed by atoms with Crippen LogP contribution < -0.4 is 22.1 Å². The summed E-state index contributed by atoms with van der Waals surface area (Å²) in [5, 5.41) is 6.28. The zero-order valence-electron chi connectivity index (χ0n) is 23.2. The van der Waals surface area contributed by atoms with Gasteiger partial charge < -0.3 is 26.7 Å². The van der Waals surface area contributed by atoms with Gasteiger partial charge in [0.2, 0.25) is 0 Å². The molecule has 0 saturated heterocycles. The van der Waals surface area contributed by atoms with Crippen molar-refractivity contribution in [1.29, 1.82) is 0 Å². The third-order valence-corrected chi connectivity index (χ3v) is 9.72. The molecule has 6 N–H and O–H groups in total. The molecule has 3 aliphatic rings. The minimum Gasteiger partial charge on any atom is -0.347 e. The molecule has 3 saturated carbocycles. The summed E-state index contributed by atoms with van der Waals surface area (Å²) < 4.78 is 2.02. The molecule has 1 heterocycles. The zero-order valence-corrected chi connectivity index (χ0v) is 23.2. The standard InChI is InChI=1S/C33H36N6O2/c1-39-28-12-9-21(32(41)38-29-23-13-22-15-25(34)18-33(29,35)17-24(22)14-23)16-27(28)37-30(39)19-7-10-26(11-8-19)36-31(40)20-5-3-2-4-6-20/h2-12,16,22-25,29H,13-15,17-18,34-35H2,1H3,(H,36,40)(H,38,41)/t22?,23?,24?,25-,29?,33+/m1/s1. The summed E-state index contributed by atoms with van der Waals surface area (Å²) in [5.41, 5.74) is 17.5. The number of carbonyl (C=O) groups excluding carboxylic acids is 2. The van der Waals surface area contributed by atoms with Crippen LogP contribution in [0.5, 0.6) is 0 Å². The van der Waals surface area contributed by atoms with E-state index in [2.05, 4.69) is 10.6 Å². The lowest BCUT2D eigenvalue weighted by Gasteiger charge is -2.46. The molecule has 1 aromatic heterocycles. The van der Waals surface area contributed by atoms with E-state index in [1.54, 1.807) is 12.1 Å². The quantitative estimate of drug-likeness (QED) is 0.293. The lowest BCUT2D eigenvalue weighted by atomic mass is 9.69. The Labute approximate surface area is 239 Å². The summed E-state index contributed by atoms with van der Waals surface area (Å²) in [6, 6.07) is 22.5. The first-order chi connectivity index (χ1) is 19.8. The molecule has 0 aliphatic heterocycles. The molecule has 210 valence electrons. The van der Waals surface area contributed by atoms with E-state index in [1.165, 1.54) is 0 Å². The van der Waals surface area contributed by atoms with Crippen LogP contribution in [0.25, 0.3) is 22.4 Å². The number of anilines is 1. The number of nitrogens with one attached hydrogen (secondary N) is 2. The predicted octanol–water partition coefficient (Wildman–Crippen LogP) is 4.46. The largest absolute Gasteiger partial charge is 0.347 e. The number of amides is 2. The summed E-state index contributed by atoms with van der Waals surface area (Å²) in [5.74, 6) is 2.23. The molecule has 3 fully saturated rings. The molecule has 8 heteroatoms. The molecule has 3 bridgehead atoms. The van der Waals surface area contributed by atoms with E-state index < -0.39 is 5.54 Å². The van der Waals surface area contributed by atoms with Crippen molar-refractivity contribution in [3.8, 4) is 11.4 Å². The van der Waals surface area contributed by atoms with Crippen LogP contribution >= 0.6 is 0 Å². The summed E-state index contributed by atoms with van der Waals surface area (Å²) in [7, 11) is 1.97. The highest BCUT2D eigenvalue weighted by Crippen LogP contribution is 2.54. The van der Waals surface area contributed by atoms with E-state index in [4.69, 9.17) is 16.5 Å². The molecule has 3 aliphatic carbocycles. The molecule has 3 aromatic carbocycles. The van der Waals surface area contributed by atoms with Gasteiger partial charge in [-0.1, -0.05) is 18.2 Å². The third-order valence-electron chi connectivity index (χ3n) is 9.72. The second kappa shape index (κ2) is 9.82. The second-order valence-electron chi connectivity index (χ2n) is 12.4. The van der Waals surface area contributed by atoms with Crippen LogP contribution in [0.3, 0.4) is 0 Å². The number of rotatable bonds is 5. The van der Waals surface area contributed by atoms with E-state index in [0.29, 0.717) is 34.6 Å². The molecule has 4 aromatic rings. The fourth-order valence-corrected chi connectivity index (χ4v) is 7.91. The number of imidazole rings is 1. The second-order valence-corrected chi connectivity index (χ2v) is 12.4. The van der Waals surface area contributed by atoms with Gasteiger partial charge in [-0.2, -0.15) is 0 Å². The highest BCUT2D eigenvalue weighted by Gasteiger charge is 2.55. The van der Waals surface area contributed by atoms with Crippen molar-refractivity contribution in [1.82, 2.24) is 14.9 Å². The SMILES string of the molecule is Cn1c(-c2ccc(NC(=O)c3ccccc3)cc2)nc2cc(C(=O)NC3C4CC5C[C@@H](N)C[C@@]3(N)CC5C4)ccc21. The topological polar surface area (TPSA) is 128 Å². The van der Waals surface area contributed by atoms with E-state index in [9.17, 15) is 9.59 Å². The maximum Gasteiger partial charge on any atom is 0.255 e. The van der Waals surface area contributed by atoms with Crippen LogP contribution in [0, 0.1) is 17.8 Å². The Kier molecular flexibility index (Phi) is 6.21. The minimum atomic E-state index is -0.442. The summed E-state index contributed by atoms with van der Waals surface area (Å²) in [6.45, 7) is 0. The van der Waals surface area contributed by atoms with E-state index in [0.717, 1.165) is 54.5 Å². The Morgan fingerprint density at radius 2 is 1.63 bits per heavy atom. The summed E-state index contributed by atoms with van der Waals surface area (Å²) >= 11 is 0. The number of nitrogens with two attached hydrogens (primary N) is 2. The van der Waals surface area contributed by atoms with Gasteiger partial charge in [0, 0.05) is 47.0 Å². The number of aryl methyl sites for hydroxylation is 1. The van der Waals surface area contributed by atoms with E-state index in [1.807, 2.05) is 72.3 Å². The average molecular weight is 549 g/mol. The van der Waals surface area contributed by atoms with Crippen molar-refractivity contribution in [3.63, 3.8) is 0 Å². The van der Waals surface area contributed by atoms with Gasteiger partial charge in [-0.3, -0.25) is 9.59 Å². The number of aromatic nitrogens is 2. The van der Waals surface area contributed by atoms with Crippen molar-refractivity contribution in [2.45, 2.75) is 49.7 Å². The number of nitrogens with zero attached hydrogens (tertiary/aromatic N) is 2. The lowest BCUT2D eigenvalue weighted by molar-refractivity contribution is 0.0818. The lowest BCUT2D eigenvalue weighted by Crippen LogP contribution is -2.64. The van der Waals surface area contributed by atoms with Crippen LogP contribution in [0.1, 0.15) is 52.8 Å². The molecule has 8 nitrogen and oxygen atoms in total. The van der Waals surface area contributed by atoms with Gasteiger partial charge in [0.05, 0.1) is 11.0 Å². The van der Waals surface area contributed by atoms with Crippen molar-refractivity contribution in [3.05, 3.63) is 83.9 Å². The van der Waals surface area contributed by atoms with Gasteiger partial charge in [-0.15, -0.1) is 0 Å². The van der Waals surface area contributed by atoms with Crippen molar-refractivity contribution in [2.75, 3.05) is 5.32 Å². The van der Waals surface area contributed by atoms with Gasteiger partial charge in [0.15, 0.2) is 0 Å². The van der Waals surface area contributed by atoms with E-state index in [-0.39, 0.29) is 23.9 Å².